The normalized spacial score (nSPS) is 12.5. The minimum Gasteiger partial charge on any atom is -0.468 e. The Kier molecular flexibility index (Phi) is 7.16. The minimum absolute atomic E-state index is 0.00723. The van der Waals surface area contributed by atoms with Crippen LogP contribution in [0.2, 0.25) is 5.02 Å². The Hall–Kier alpha value is -1.93. The number of benzene rings is 1. The maximum Gasteiger partial charge on any atom is 0.422 e. The zero-order valence-electron chi connectivity index (χ0n) is 13.7. The molecule has 1 unspecified atom stereocenters. The molecule has 2 rings (SSSR count). The van der Waals surface area contributed by atoms with E-state index >= 15 is 0 Å². The van der Waals surface area contributed by atoms with Gasteiger partial charge in [0.2, 0.25) is 11.8 Å². The van der Waals surface area contributed by atoms with Crippen LogP contribution < -0.4 is 10.1 Å². The maximum absolute atomic E-state index is 12.3. The number of hydrogen-bond donors (Lipinski definition) is 1. The quantitative estimate of drug-likeness (QED) is 0.691. The summed E-state index contributed by atoms with van der Waals surface area (Å²) in [5.41, 5.74) is 0.361. The molecule has 1 aromatic heterocycles. The lowest BCUT2D eigenvalue weighted by Crippen LogP contribution is -2.30. The monoisotopic (exact) mass is 404 g/mol. The van der Waals surface area contributed by atoms with Gasteiger partial charge in [-0.15, -0.1) is 11.8 Å². The number of carbonyl (C=O) groups excluding carboxylic acids is 1. The smallest absolute Gasteiger partial charge is 0.422 e. The van der Waals surface area contributed by atoms with Gasteiger partial charge in [0.25, 0.3) is 0 Å². The molecule has 9 heteroatoms. The number of halogens is 4. The van der Waals surface area contributed by atoms with Crippen LogP contribution in [0.3, 0.4) is 0 Å². The number of rotatable bonds is 7. The van der Waals surface area contributed by atoms with E-state index < -0.39 is 18.0 Å². The second-order valence-electron chi connectivity index (χ2n) is 5.28. The number of amides is 1. The van der Waals surface area contributed by atoms with Crippen molar-refractivity contribution in [3.05, 3.63) is 53.2 Å². The van der Waals surface area contributed by atoms with E-state index in [1.54, 1.807) is 37.3 Å². The topological polar surface area (TPSA) is 51.2 Å². The highest BCUT2D eigenvalue weighted by atomic mass is 35.5. The first-order valence-electron chi connectivity index (χ1n) is 7.58. The summed E-state index contributed by atoms with van der Waals surface area (Å²) in [7, 11) is 0. The van der Waals surface area contributed by atoms with Gasteiger partial charge >= 0.3 is 6.18 Å². The largest absolute Gasteiger partial charge is 0.468 e. The summed E-state index contributed by atoms with van der Waals surface area (Å²) in [6.07, 6.45) is -3.13. The minimum atomic E-state index is -4.46. The number of nitrogens with zero attached hydrogens (tertiary/aromatic N) is 1. The third-order valence-electron chi connectivity index (χ3n) is 3.19. The van der Waals surface area contributed by atoms with Crippen LogP contribution in [0.25, 0.3) is 0 Å². The summed E-state index contributed by atoms with van der Waals surface area (Å²) in [4.78, 5) is 16.8. The number of hydrogen-bond acceptors (Lipinski definition) is 4. The average Bonchev–Trinajstić information content (AvgIpc) is 2.59. The number of nitrogens with one attached hydrogen (secondary N) is 1. The Labute approximate surface area is 158 Å². The fourth-order valence-corrected chi connectivity index (χ4v) is 3.13. The van der Waals surface area contributed by atoms with E-state index in [4.69, 9.17) is 16.3 Å². The Morgan fingerprint density at radius 3 is 2.73 bits per heavy atom. The lowest BCUT2D eigenvalue weighted by atomic mass is 10.2. The molecule has 2 aromatic rings. The molecule has 1 aromatic carbocycles. The van der Waals surface area contributed by atoms with Crippen molar-refractivity contribution >= 4 is 29.3 Å². The van der Waals surface area contributed by atoms with Crippen LogP contribution in [0, 0.1) is 0 Å². The number of ether oxygens (including phenoxy) is 1. The molecule has 1 amide bonds. The number of carbonyl (C=O) groups is 1. The molecule has 0 bridgehead atoms. The van der Waals surface area contributed by atoms with Crippen LogP contribution in [0.5, 0.6) is 5.88 Å². The van der Waals surface area contributed by atoms with E-state index in [0.29, 0.717) is 10.6 Å². The molecule has 1 heterocycles. The van der Waals surface area contributed by atoms with Crippen molar-refractivity contribution in [3.63, 3.8) is 0 Å². The van der Waals surface area contributed by atoms with E-state index in [2.05, 4.69) is 10.3 Å². The third kappa shape index (κ3) is 6.42. The van der Waals surface area contributed by atoms with E-state index in [-0.39, 0.29) is 18.3 Å². The number of thioether (sulfide) groups is 1. The Bertz CT molecular complexity index is 759. The van der Waals surface area contributed by atoms with Gasteiger partial charge < -0.3 is 10.1 Å². The van der Waals surface area contributed by atoms with Crippen molar-refractivity contribution in [3.8, 4) is 5.88 Å². The molecule has 0 saturated carbocycles. The second kappa shape index (κ2) is 9.14. The Balaban J connectivity index is 1.93. The van der Waals surface area contributed by atoms with Gasteiger partial charge in [0.05, 0.1) is 10.3 Å². The van der Waals surface area contributed by atoms with Crippen LogP contribution in [0.4, 0.5) is 13.2 Å². The molecule has 0 aliphatic carbocycles. The molecule has 0 aliphatic rings. The van der Waals surface area contributed by atoms with Gasteiger partial charge in [-0.25, -0.2) is 4.98 Å². The molecule has 0 fully saturated rings. The number of alkyl halides is 3. The molecular formula is C17H16ClF3N2O2S. The van der Waals surface area contributed by atoms with E-state index in [0.717, 1.165) is 4.90 Å². The first-order chi connectivity index (χ1) is 12.3. The zero-order valence-corrected chi connectivity index (χ0v) is 15.3. The molecule has 0 spiro atoms. The predicted molar refractivity (Wildman–Crippen MR) is 94.4 cm³/mol. The van der Waals surface area contributed by atoms with Crippen molar-refractivity contribution in [1.29, 1.82) is 0 Å². The number of pyridine rings is 1. The van der Waals surface area contributed by atoms with Gasteiger partial charge in [-0.3, -0.25) is 4.79 Å². The molecular weight excluding hydrogens is 389 g/mol. The van der Waals surface area contributed by atoms with Gasteiger partial charge in [-0.2, -0.15) is 13.2 Å². The summed E-state index contributed by atoms with van der Waals surface area (Å²) >= 11 is 7.36. The number of aromatic nitrogens is 1. The Morgan fingerprint density at radius 1 is 1.31 bits per heavy atom. The highest BCUT2D eigenvalue weighted by molar-refractivity contribution is 8.00. The lowest BCUT2D eigenvalue weighted by Gasteiger charge is -2.15. The lowest BCUT2D eigenvalue weighted by molar-refractivity contribution is -0.154. The van der Waals surface area contributed by atoms with Crippen molar-refractivity contribution in [2.24, 2.45) is 0 Å². The fourth-order valence-electron chi connectivity index (χ4n) is 1.95. The van der Waals surface area contributed by atoms with Crippen molar-refractivity contribution in [2.75, 3.05) is 6.61 Å². The molecule has 0 radical (unpaired) electrons. The van der Waals surface area contributed by atoms with E-state index in [9.17, 15) is 18.0 Å². The molecule has 0 aliphatic heterocycles. The first kappa shape index (κ1) is 20.4. The van der Waals surface area contributed by atoms with Gasteiger partial charge in [0, 0.05) is 23.2 Å². The van der Waals surface area contributed by atoms with Gasteiger partial charge in [-0.1, -0.05) is 29.8 Å². The molecule has 4 nitrogen and oxygen atoms in total. The van der Waals surface area contributed by atoms with Gasteiger partial charge in [-0.05, 0) is 25.1 Å². The first-order valence-corrected chi connectivity index (χ1v) is 8.84. The fraction of sp³-hybridized carbons (Fsp3) is 0.294. The zero-order chi connectivity index (χ0) is 19.2. The average molecular weight is 405 g/mol. The summed E-state index contributed by atoms with van der Waals surface area (Å²) < 4.78 is 41.6. The second-order valence-corrected chi connectivity index (χ2v) is 7.07. The van der Waals surface area contributed by atoms with Gasteiger partial charge in [0.1, 0.15) is 0 Å². The summed E-state index contributed by atoms with van der Waals surface area (Å²) in [5, 5.41) is 2.78. The molecule has 140 valence electrons. The molecule has 26 heavy (non-hydrogen) atoms. The van der Waals surface area contributed by atoms with Crippen LogP contribution in [0.15, 0.2) is 47.5 Å². The van der Waals surface area contributed by atoms with Crippen LogP contribution in [-0.2, 0) is 11.3 Å². The molecule has 0 saturated heterocycles. The highest BCUT2D eigenvalue weighted by Crippen LogP contribution is 2.30. The van der Waals surface area contributed by atoms with Crippen LogP contribution in [-0.4, -0.2) is 28.9 Å². The van der Waals surface area contributed by atoms with Gasteiger partial charge in [0.15, 0.2) is 6.61 Å². The maximum atomic E-state index is 12.3. The standard InChI is InChI=1S/C17H16ClF3N2O2S/c1-11(26-14-7-3-2-6-13(14)18)15(24)23-9-12-5-4-8-22-16(12)25-10-17(19,20)21/h2-8,11H,9-10H2,1H3,(H,23,24). The highest BCUT2D eigenvalue weighted by Gasteiger charge is 2.29. The van der Waals surface area contributed by atoms with Crippen molar-refractivity contribution < 1.29 is 22.7 Å². The third-order valence-corrected chi connectivity index (χ3v) is 4.80. The summed E-state index contributed by atoms with van der Waals surface area (Å²) in [6, 6.07) is 10.3. The molecule has 1 N–H and O–H groups in total. The van der Waals surface area contributed by atoms with Crippen molar-refractivity contribution in [2.45, 2.75) is 29.8 Å². The SMILES string of the molecule is CC(Sc1ccccc1Cl)C(=O)NCc1cccnc1OCC(F)(F)F. The van der Waals surface area contributed by atoms with E-state index in [1.165, 1.54) is 18.0 Å². The summed E-state index contributed by atoms with van der Waals surface area (Å²) in [6.45, 7) is 0.282. The van der Waals surface area contributed by atoms with Crippen molar-refractivity contribution in [1.82, 2.24) is 10.3 Å². The van der Waals surface area contributed by atoms with Crippen LogP contribution >= 0.6 is 23.4 Å². The molecule has 1 atom stereocenters. The Morgan fingerprint density at radius 2 is 2.04 bits per heavy atom. The summed E-state index contributed by atoms with van der Waals surface area (Å²) in [5.74, 6) is -0.433. The van der Waals surface area contributed by atoms with E-state index in [1.807, 2.05) is 6.07 Å². The van der Waals surface area contributed by atoms with Crippen LogP contribution in [0.1, 0.15) is 12.5 Å². The predicted octanol–water partition coefficient (Wildman–Crippen LogP) is 4.47.